The quantitative estimate of drug-likeness (QED) is 0.665. The second-order valence-corrected chi connectivity index (χ2v) is 7.99. The fourth-order valence-electron chi connectivity index (χ4n) is 3.75. The molecular formula is C21H22N2O4S. The van der Waals surface area contributed by atoms with Crippen molar-refractivity contribution < 1.29 is 18.7 Å². The SMILES string of the molecule is CCOc1ccc2oc(C(=O)Nc3sc4c(c3C(N)=O)CCCC4)c(C)c2c1. The number of amides is 2. The zero-order valence-electron chi connectivity index (χ0n) is 15.9. The van der Waals surface area contributed by atoms with Crippen LogP contribution in [-0.4, -0.2) is 18.4 Å². The molecule has 2 heterocycles. The fraction of sp³-hybridized carbons (Fsp3) is 0.333. The Morgan fingerprint density at radius 2 is 2.07 bits per heavy atom. The molecular weight excluding hydrogens is 376 g/mol. The van der Waals surface area contributed by atoms with Crippen LogP contribution in [0.3, 0.4) is 0 Å². The van der Waals surface area contributed by atoms with Gasteiger partial charge in [0.25, 0.3) is 11.8 Å². The molecule has 3 aromatic rings. The van der Waals surface area contributed by atoms with E-state index in [-0.39, 0.29) is 11.7 Å². The summed E-state index contributed by atoms with van der Waals surface area (Å²) < 4.78 is 11.3. The van der Waals surface area contributed by atoms with Gasteiger partial charge in [-0.05, 0) is 63.3 Å². The van der Waals surface area contributed by atoms with E-state index in [0.29, 0.717) is 22.8 Å². The minimum absolute atomic E-state index is 0.227. The highest BCUT2D eigenvalue weighted by atomic mass is 32.1. The second kappa shape index (κ2) is 7.31. The van der Waals surface area contributed by atoms with Crippen molar-refractivity contribution in [1.29, 1.82) is 0 Å². The summed E-state index contributed by atoms with van der Waals surface area (Å²) in [6.07, 6.45) is 3.86. The van der Waals surface area contributed by atoms with Crippen LogP contribution in [0, 0.1) is 6.92 Å². The van der Waals surface area contributed by atoms with Gasteiger partial charge in [0.1, 0.15) is 16.3 Å². The molecule has 0 unspecified atom stereocenters. The lowest BCUT2D eigenvalue weighted by atomic mass is 9.95. The number of aryl methyl sites for hydroxylation is 2. The molecule has 7 heteroatoms. The predicted octanol–water partition coefficient (Wildman–Crippen LogP) is 4.43. The van der Waals surface area contributed by atoms with E-state index in [9.17, 15) is 9.59 Å². The Labute approximate surface area is 166 Å². The first-order valence-corrected chi connectivity index (χ1v) is 10.2. The number of carbonyl (C=O) groups excluding carboxylic acids is 2. The number of carbonyl (C=O) groups is 2. The highest BCUT2D eigenvalue weighted by Crippen LogP contribution is 2.38. The number of fused-ring (bicyclic) bond motifs is 2. The maximum absolute atomic E-state index is 12.9. The number of hydrogen-bond donors (Lipinski definition) is 2. The summed E-state index contributed by atoms with van der Waals surface area (Å²) in [5.41, 5.74) is 8.40. The van der Waals surface area contributed by atoms with Crippen molar-refractivity contribution >= 4 is 39.1 Å². The third kappa shape index (κ3) is 3.16. The highest BCUT2D eigenvalue weighted by Gasteiger charge is 2.26. The smallest absolute Gasteiger partial charge is 0.292 e. The van der Waals surface area contributed by atoms with E-state index in [2.05, 4.69) is 5.32 Å². The summed E-state index contributed by atoms with van der Waals surface area (Å²) >= 11 is 1.44. The van der Waals surface area contributed by atoms with Gasteiger partial charge in [-0.1, -0.05) is 0 Å². The fourth-order valence-corrected chi connectivity index (χ4v) is 5.04. The van der Waals surface area contributed by atoms with Gasteiger partial charge in [0.05, 0.1) is 12.2 Å². The summed E-state index contributed by atoms with van der Waals surface area (Å²) in [6.45, 7) is 4.32. The highest BCUT2D eigenvalue weighted by molar-refractivity contribution is 7.17. The Bertz CT molecular complexity index is 1080. The molecule has 0 bridgehead atoms. The predicted molar refractivity (Wildman–Crippen MR) is 110 cm³/mol. The summed E-state index contributed by atoms with van der Waals surface area (Å²) in [4.78, 5) is 26.1. The topological polar surface area (TPSA) is 94.6 Å². The molecule has 0 spiro atoms. The molecule has 0 radical (unpaired) electrons. The van der Waals surface area contributed by atoms with Gasteiger partial charge in [0.15, 0.2) is 5.76 Å². The first kappa shape index (κ1) is 18.6. The van der Waals surface area contributed by atoms with Gasteiger partial charge in [-0.3, -0.25) is 9.59 Å². The minimum Gasteiger partial charge on any atom is -0.494 e. The normalized spacial score (nSPS) is 13.4. The number of benzene rings is 1. The van der Waals surface area contributed by atoms with E-state index in [1.807, 2.05) is 26.0 Å². The van der Waals surface area contributed by atoms with Crippen LogP contribution in [0.4, 0.5) is 5.00 Å². The third-order valence-corrected chi connectivity index (χ3v) is 6.28. The molecule has 2 aromatic heterocycles. The van der Waals surface area contributed by atoms with Gasteiger partial charge < -0.3 is 20.2 Å². The van der Waals surface area contributed by atoms with Gasteiger partial charge in [0.2, 0.25) is 0 Å². The number of thiophene rings is 1. The zero-order valence-corrected chi connectivity index (χ0v) is 16.7. The number of rotatable bonds is 5. The minimum atomic E-state index is -0.502. The summed E-state index contributed by atoms with van der Waals surface area (Å²) in [7, 11) is 0. The van der Waals surface area contributed by atoms with Crippen molar-refractivity contribution in [3.63, 3.8) is 0 Å². The van der Waals surface area contributed by atoms with E-state index >= 15 is 0 Å². The average Bonchev–Trinajstić information content (AvgIpc) is 3.19. The Morgan fingerprint density at radius 3 is 2.82 bits per heavy atom. The lowest BCUT2D eigenvalue weighted by Gasteiger charge is -2.11. The molecule has 1 aliphatic rings. The largest absolute Gasteiger partial charge is 0.494 e. The van der Waals surface area contributed by atoms with Crippen LogP contribution >= 0.6 is 11.3 Å². The summed E-state index contributed by atoms with van der Waals surface area (Å²) in [5, 5.41) is 4.20. The molecule has 28 heavy (non-hydrogen) atoms. The molecule has 0 saturated carbocycles. The van der Waals surface area contributed by atoms with Crippen LogP contribution in [0.25, 0.3) is 11.0 Å². The molecule has 2 amide bonds. The number of hydrogen-bond acceptors (Lipinski definition) is 5. The van der Waals surface area contributed by atoms with Gasteiger partial charge in [-0.15, -0.1) is 11.3 Å². The molecule has 6 nitrogen and oxygen atoms in total. The molecule has 0 aliphatic heterocycles. The Balaban J connectivity index is 1.68. The molecule has 1 aromatic carbocycles. The van der Waals surface area contributed by atoms with Crippen molar-refractivity contribution in [2.75, 3.05) is 11.9 Å². The lowest BCUT2D eigenvalue weighted by Crippen LogP contribution is -2.18. The summed E-state index contributed by atoms with van der Waals surface area (Å²) in [6, 6.07) is 5.48. The van der Waals surface area contributed by atoms with Gasteiger partial charge in [-0.2, -0.15) is 0 Å². The Kier molecular flexibility index (Phi) is 4.85. The molecule has 1 aliphatic carbocycles. The number of furan rings is 1. The third-order valence-electron chi connectivity index (χ3n) is 5.07. The number of primary amides is 1. The molecule has 146 valence electrons. The van der Waals surface area contributed by atoms with E-state index in [1.165, 1.54) is 11.3 Å². The number of anilines is 1. The van der Waals surface area contributed by atoms with E-state index < -0.39 is 5.91 Å². The van der Waals surface area contributed by atoms with Crippen LogP contribution in [0.1, 0.15) is 56.7 Å². The van der Waals surface area contributed by atoms with Gasteiger partial charge in [-0.25, -0.2) is 0 Å². The standard InChI is InChI=1S/C21H22N2O4S/c1-3-26-12-8-9-15-14(10-12)11(2)18(27-15)20(25)23-21-17(19(22)24)13-6-4-5-7-16(13)28-21/h8-10H,3-7H2,1-2H3,(H2,22,24)(H,23,25). The van der Waals surface area contributed by atoms with Crippen molar-refractivity contribution in [3.05, 3.63) is 45.5 Å². The van der Waals surface area contributed by atoms with Crippen LogP contribution in [0.15, 0.2) is 22.6 Å². The number of ether oxygens (including phenoxy) is 1. The van der Waals surface area contributed by atoms with Crippen molar-refractivity contribution in [3.8, 4) is 5.75 Å². The molecule has 0 atom stereocenters. The second-order valence-electron chi connectivity index (χ2n) is 6.88. The number of nitrogens with two attached hydrogens (primary N) is 1. The zero-order chi connectivity index (χ0) is 19.8. The molecule has 4 rings (SSSR count). The van der Waals surface area contributed by atoms with Crippen molar-refractivity contribution in [1.82, 2.24) is 0 Å². The van der Waals surface area contributed by atoms with Crippen LogP contribution in [-0.2, 0) is 12.8 Å². The van der Waals surface area contributed by atoms with Crippen LogP contribution in [0.2, 0.25) is 0 Å². The molecule has 0 fully saturated rings. The van der Waals surface area contributed by atoms with Crippen molar-refractivity contribution in [2.24, 2.45) is 5.73 Å². The Morgan fingerprint density at radius 1 is 1.29 bits per heavy atom. The monoisotopic (exact) mass is 398 g/mol. The van der Waals surface area contributed by atoms with Crippen molar-refractivity contribution in [2.45, 2.75) is 39.5 Å². The van der Waals surface area contributed by atoms with E-state index in [4.69, 9.17) is 14.9 Å². The maximum Gasteiger partial charge on any atom is 0.292 e. The van der Waals surface area contributed by atoms with Crippen LogP contribution in [0.5, 0.6) is 5.75 Å². The first-order valence-electron chi connectivity index (χ1n) is 9.41. The first-order chi connectivity index (χ1) is 13.5. The Hall–Kier alpha value is -2.80. The summed E-state index contributed by atoms with van der Waals surface area (Å²) in [5.74, 6) is 0.0726. The van der Waals surface area contributed by atoms with Gasteiger partial charge in [0, 0.05) is 15.8 Å². The van der Waals surface area contributed by atoms with Crippen LogP contribution < -0.4 is 15.8 Å². The van der Waals surface area contributed by atoms with E-state index in [1.54, 1.807) is 6.07 Å². The average molecular weight is 398 g/mol. The van der Waals surface area contributed by atoms with E-state index in [0.717, 1.165) is 52.8 Å². The molecule has 0 saturated heterocycles. The van der Waals surface area contributed by atoms with Gasteiger partial charge >= 0.3 is 0 Å². The lowest BCUT2D eigenvalue weighted by molar-refractivity contribution is 0.0998. The maximum atomic E-state index is 12.9. The molecule has 3 N–H and O–H groups in total. The number of nitrogens with one attached hydrogen (secondary N) is 1.